The minimum atomic E-state index is -0.620. The monoisotopic (exact) mass is 527 g/mol. The summed E-state index contributed by atoms with van der Waals surface area (Å²) in [6.45, 7) is 6.68. The van der Waals surface area contributed by atoms with Gasteiger partial charge < -0.3 is 9.80 Å². The first-order valence-corrected chi connectivity index (χ1v) is 13.6. The fourth-order valence-corrected chi connectivity index (χ4v) is 5.14. The van der Waals surface area contributed by atoms with Crippen molar-refractivity contribution in [2.24, 2.45) is 4.99 Å². The van der Waals surface area contributed by atoms with E-state index in [1.165, 1.54) is 38.8 Å². The van der Waals surface area contributed by atoms with Gasteiger partial charge in [-0.3, -0.25) is 20.0 Å². The standard InChI is InChI=1S/C18H20ClN3O.C10H18N2S/c1-4-5-6-7-8-9-15-14-12-13(19)10-11-16(14)22(3)18(23)17(20-2)21-15;13-9-11-5-7-12(8-6-11)10-3-1-2-4-10/h4-12,17,20H,1-3H3;9-10H,1-8H2/b5-4-,7-6-,9-8+;. The van der Waals surface area contributed by atoms with Gasteiger partial charge in [0.25, 0.3) is 5.91 Å². The molecule has 1 saturated heterocycles. The van der Waals surface area contributed by atoms with Crippen molar-refractivity contribution in [1.29, 1.82) is 0 Å². The number of likely N-dealkylation sites (N-methyl/N-ethyl adjacent to an activating group) is 2. The average Bonchev–Trinajstić information content (AvgIpc) is 3.42. The Morgan fingerprint density at radius 2 is 1.78 bits per heavy atom. The number of carbonyl (C=O) groups is 1. The summed E-state index contributed by atoms with van der Waals surface area (Å²) in [5.74, 6) is -0.107. The number of piperazine rings is 1. The van der Waals surface area contributed by atoms with Gasteiger partial charge in [0.2, 0.25) is 0 Å². The first-order valence-electron chi connectivity index (χ1n) is 12.7. The summed E-state index contributed by atoms with van der Waals surface area (Å²) in [6, 6.07) is 6.34. The van der Waals surface area contributed by atoms with Gasteiger partial charge in [-0.05, 0) is 51.1 Å². The number of allylic oxidation sites excluding steroid dienone is 6. The second-order valence-corrected chi connectivity index (χ2v) is 9.80. The van der Waals surface area contributed by atoms with Crippen LogP contribution in [0.4, 0.5) is 5.69 Å². The van der Waals surface area contributed by atoms with Crippen LogP contribution in [0.3, 0.4) is 0 Å². The zero-order valence-corrected chi connectivity index (χ0v) is 23.1. The van der Waals surface area contributed by atoms with E-state index in [1.807, 2.05) is 61.0 Å². The van der Waals surface area contributed by atoms with E-state index in [0.717, 1.165) is 30.4 Å². The van der Waals surface area contributed by atoms with Gasteiger partial charge in [-0.1, -0.05) is 67.0 Å². The third-order valence-corrected chi connectivity index (χ3v) is 7.35. The van der Waals surface area contributed by atoms with Gasteiger partial charge in [0.1, 0.15) is 0 Å². The van der Waals surface area contributed by atoms with Crippen LogP contribution in [0.25, 0.3) is 0 Å². The van der Waals surface area contributed by atoms with Gasteiger partial charge in [-0.2, -0.15) is 0 Å². The van der Waals surface area contributed by atoms with Crippen LogP contribution < -0.4 is 10.2 Å². The Hall–Kier alpha value is -2.32. The van der Waals surface area contributed by atoms with E-state index >= 15 is 0 Å². The molecule has 2 aliphatic heterocycles. The van der Waals surface area contributed by atoms with Crippen molar-refractivity contribution in [2.75, 3.05) is 45.2 Å². The van der Waals surface area contributed by atoms with Crippen LogP contribution in [0.5, 0.6) is 0 Å². The van der Waals surface area contributed by atoms with Crippen LogP contribution in [-0.2, 0) is 4.79 Å². The molecule has 2 fully saturated rings. The van der Waals surface area contributed by atoms with Crippen molar-refractivity contribution in [3.63, 3.8) is 0 Å². The molecule has 0 radical (unpaired) electrons. The molecule has 2 heterocycles. The number of amides is 1. The SMILES string of the molecule is C\C=C/C=C\C=C\C1=NC(NC)C(=O)N(C)c2ccc(Cl)cc21.S=CN1CCN(C2CCCC2)CC1. The number of carbonyl (C=O) groups excluding carboxylic acids is 1. The van der Waals surface area contributed by atoms with E-state index in [0.29, 0.717) is 10.7 Å². The maximum atomic E-state index is 12.5. The molecule has 0 spiro atoms. The number of thiocarbonyl (C=S) groups is 1. The highest BCUT2D eigenvalue weighted by Crippen LogP contribution is 2.28. The molecule has 1 saturated carbocycles. The van der Waals surface area contributed by atoms with Gasteiger partial charge in [0.15, 0.2) is 6.17 Å². The second kappa shape index (κ2) is 14.4. The Bertz CT molecular complexity index is 1010. The minimum Gasteiger partial charge on any atom is -0.366 e. The summed E-state index contributed by atoms with van der Waals surface area (Å²) in [7, 11) is 3.46. The van der Waals surface area contributed by atoms with Gasteiger partial charge in [0.05, 0.1) is 16.9 Å². The number of anilines is 1. The van der Waals surface area contributed by atoms with Crippen LogP contribution >= 0.6 is 23.8 Å². The van der Waals surface area contributed by atoms with Crippen molar-refractivity contribution < 1.29 is 4.79 Å². The molecule has 1 amide bonds. The van der Waals surface area contributed by atoms with Crippen molar-refractivity contribution in [1.82, 2.24) is 15.1 Å². The number of nitrogens with zero attached hydrogens (tertiary/aromatic N) is 4. The maximum Gasteiger partial charge on any atom is 0.266 e. The summed E-state index contributed by atoms with van der Waals surface area (Å²) >= 11 is 11.1. The number of benzene rings is 1. The van der Waals surface area contributed by atoms with Crippen molar-refractivity contribution in [3.8, 4) is 0 Å². The normalized spacial score (nSPS) is 21.6. The van der Waals surface area contributed by atoms with E-state index in [9.17, 15) is 4.79 Å². The van der Waals surface area contributed by atoms with Gasteiger partial charge in [0, 0.05) is 49.9 Å². The maximum absolute atomic E-state index is 12.5. The highest BCUT2D eigenvalue weighted by atomic mass is 35.5. The largest absolute Gasteiger partial charge is 0.366 e. The number of halogens is 1. The molecule has 8 heteroatoms. The van der Waals surface area contributed by atoms with E-state index < -0.39 is 6.17 Å². The molecule has 1 atom stereocenters. The molecule has 36 heavy (non-hydrogen) atoms. The molecule has 1 aromatic carbocycles. The lowest BCUT2D eigenvalue weighted by atomic mass is 10.1. The number of benzodiazepines with no additional fused rings is 1. The van der Waals surface area contributed by atoms with Crippen molar-refractivity contribution in [3.05, 3.63) is 65.2 Å². The predicted molar refractivity (Wildman–Crippen MR) is 156 cm³/mol. The Kier molecular flexibility index (Phi) is 11.3. The first-order chi connectivity index (χ1) is 17.5. The molecule has 0 bridgehead atoms. The van der Waals surface area contributed by atoms with Crippen LogP contribution in [0, 0.1) is 0 Å². The Labute approximate surface area is 226 Å². The highest BCUT2D eigenvalue weighted by molar-refractivity contribution is 7.78. The molecule has 1 aromatic rings. The second-order valence-electron chi connectivity index (χ2n) is 9.15. The fraction of sp³-hybridized carbons (Fsp3) is 0.464. The van der Waals surface area contributed by atoms with E-state index in [-0.39, 0.29) is 5.91 Å². The summed E-state index contributed by atoms with van der Waals surface area (Å²) in [6.07, 6.45) is 16.6. The third kappa shape index (κ3) is 7.59. The minimum absolute atomic E-state index is 0.107. The molecule has 3 aliphatic rings. The Morgan fingerprint density at radius 3 is 2.42 bits per heavy atom. The number of hydrogen-bond donors (Lipinski definition) is 1. The lowest BCUT2D eigenvalue weighted by Gasteiger charge is -2.37. The zero-order valence-electron chi connectivity index (χ0n) is 21.6. The topological polar surface area (TPSA) is 51.2 Å². The summed E-state index contributed by atoms with van der Waals surface area (Å²) < 4.78 is 0. The molecule has 6 nitrogen and oxygen atoms in total. The quantitative estimate of drug-likeness (QED) is 0.423. The lowest BCUT2D eigenvalue weighted by Crippen LogP contribution is -2.48. The van der Waals surface area contributed by atoms with Crippen molar-refractivity contribution in [2.45, 2.75) is 44.8 Å². The van der Waals surface area contributed by atoms with Crippen LogP contribution in [0.2, 0.25) is 5.02 Å². The smallest absolute Gasteiger partial charge is 0.266 e. The van der Waals surface area contributed by atoms with E-state index in [2.05, 4.69) is 20.1 Å². The first kappa shape index (κ1) is 28.3. The predicted octanol–water partition coefficient (Wildman–Crippen LogP) is 4.84. The number of nitrogens with one attached hydrogen (secondary N) is 1. The molecular formula is C28H38ClN5OS. The zero-order chi connectivity index (χ0) is 25.9. The summed E-state index contributed by atoms with van der Waals surface area (Å²) in [5, 5.41) is 3.55. The average molecular weight is 528 g/mol. The Balaban J connectivity index is 0.000000233. The molecule has 1 unspecified atom stereocenters. The van der Waals surface area contributed by atoms with Crippen LogP contribution in [-0.4, -0.2) is 79.4 Å². The highest BCUT2D eigenvalue weighted by Gasteiger charge is 2.28. The molecule has 1 N–H and O–H groups in total. The van der Waals surface area contributed by atoms with Crippen LogP contribution in [0.15, 0.2) is 59.6 Å². The Morgan fingerprint density at radius 1 is 1.08 bits per heavy atom. The number of aliphatic imine (C=N–C) groups is 1. The molecule has 194 valence electrons. The molecule has 1 aliphatic carbocycles. The number of rotatable bonds is 6. The van der Waals surface area contributed by atoms with Gasteiger partial charge in [-0.25, -0.2) is 0 Å². The third-order valence-electron chi connectivity index (χ3n) is 6.82. The number of hydrogen-bond acceptors (Lipinski definition) is 5. The molecule has 0 aromatic heterocycles. The molecular weight excluding hydrogens is 490 g/mol. The van der Waals surface area contributed by atoms with Gasteiger partial charge in [-0.15, -0.1) is 0 Å². The van der Waals surface area contributed by atoms with E-state index in [1.54, 1.807) is 25.1 Å². The van der Waals surface area contributed by atoms with Crippen LogP contribution in [0.1, 0.15) is 38.2 Å². The lowest BCUT2D eigenvalue weighted by molar-refractivity contribution is -0.119. The van der Waals surface area contributed by atoms with Gasteiger partial charge >= 0.3 is 0 Å². The summed E-state index contributed by atoms with van der Waals surface area (Å²) in [4.78, 5) is 23.5. The fourth-order valence-electron chi connectivity index (χ4n) is 4.76. The van der Waals surface area contributed by atoms with Crippen molar-refractivity contribution >= 4 is 46.6 Å². The molecule has 4 rings (SSSR count). The van der Waals surface area contributed by atoms with E-state index in [4.69, 9.17) is 23.8 Å². The summed E-state index contributed by atoms with van der Waals surface area (Å²) in [5.41, 5.74) is 4.15. The number of fused-ring (bicyclic) bond motifs is 1.